The van der Waals surface area contributed by atoms with Gasteiger partial charge < -0.3 is 24.4 Å². The summed E-state index contributed by atoms with van der Waals surface area (Å²) in [6, 6.07) is 11.2. The largest absolute Gasteiger partial charge is 0.497 e. The number of rotatable bonds is 10. The number of aliphatic hydroxyl groups is 2. The summed E-state index contributed by atoms with van der Waals surface area (Å²) in [5.41, 5.74) is 1.93. The Morgan fingerprint density at radius 2 is 1.67 bits per heavy atom. The van der Waals surface area contributed by atoms with Crippen LogP contribution in [0.3, 0.4) is 0 Å². The zero-order valence-electron chi connectivity index (χ0n) is 13.7. The van der Waals surface area contributed by atoms with Crippen LogP contribution in [0, 0.1) is 0 Å². The SMILES string of the molecule is COc1ccc(COC[C@H](OCc2ccncc2)[C@H](O)CO)cc1. The molecule has 0 spiro atoms. The molecular formula is C18H23NO5. The first-order valence-corrected chi connectivity index (χ1v) is 7.73. The van der Waals surface area contributed by atoms with Crippen LogP contribution in [-0.2, 0) is 22.7 Å². The number of hydrogen-bond donors (Lipinski definition) is 2. The van der Waals surface area contributed by atoms with E-state index in [9.17, 15) is 5.11 Å². The maximum Gasteiger partial charge on any atom is 0.118 e. The standard InChI is InChI=1S/C18H23NO5/c1-22-16-4-2-14(3-5-16)11-23-13-18(17(21)10-20)24-12-15-6-8-19-9-7-15/h2-9,17-18,20-21H,10-13H2,1H3/t17-,18+/m1/s1. The summed E-state index contributed by atoms with van der Waals surface area (Å²) in [4.78, 5) is 3.94. The minimum Gasteiger partial charge on any atom is -0.497 e. The number of benzene rings is 1. The Bertz CT molecular complexity index is 576. The average molecular weight is 333 g/mol. The lowest BCUT2D eigenvalue weighted by molar-refractivity contribution is -0.102. The van der Waals surface area contributed by atoms with Crippen LogP contribution in [0.4, 0.5) is 0 Å². The summed E-state index contributed by atoms with van der Waals surface area (Å²) in [6.07, 6.45) is 1.75. The first-order chi connectivity index (χ1) is 11.7. The van der Waals surface area contributed by atoms with Gasteiger partial charge in [-0.3, -0.25) is 4.98 Å². The van der Waals surface area contributed by atoms with Crippen LogP contribution in [0.2, 0.25) is 0 Å². The maximum absolute atomic E-state index is 9.88. The minimum atomic E-state index is -0.997. The van der Waals surface area contributed by atoms with Crippen LogP contribution < -0.4 is 4.74 Å². The van der Waals surface area contributed by atoms with Gasteiger partial charge in [-0.15, -0.1) is 0 Å². The van der Waals surface area contributed by atoms with Gasteiger partial charge >= 0.3 is 0 Å². The summed E-state index contributed by atoms with van der Waals surface area (Å²) in [7, 11) is 1.62. The average Bonchev–Trinajstić information content (AvgIpc) is 2.65. The van der Waals surface area contributed by atoms with Crippen molar-refractivity contribution in [3.05, 3.63) is 59.9 Å². The highest BCUT2D eigenvalue weighted by molar-refractivity contribution is 5.26. The van der Waals surface area contributed by atoms with Gasteiger partial charge in [0.1, 0.15) is 18.0 Å². The number of nitrogens with zero attached hydrogens (tertiary/aromatic N) is 1. The number of aromatic nitrogens is 1. The molecule has 0 unspecified atom stereocenters. The molecule has 0 saturated heterocycles. The van der Waals surface area contributed by atoms with E-state index in [1.54, 1.807) is 19.5 Å². The number of pyridine rings is 1. The second kappa shape index (κ2) is 10.00. The third-order valence-electron chi connectivity index (χ3n) is 3.54. The maximum atomic E-state index is 9.88. The fraction of sp³-hybridized carbons (Fsp3) is 0.389. The van der Waals surface area contributed by atoms with Crippen molar-refractivity contribution in [2.24, 2.45) is 0 Å². The highest BCUT2D eigenvalue weighted by Crippen LogP contribution is 2.13. The first-order valence-electron chi connectivity index (χ1n) is 7.73. The Morgan fingerprint density at radius 1 is 1.00 bits per heavy atom. The van der Waals surface area contributed by atoms with Gasteiger partial charge in [-0.1, -0.05) is 12.1 Å². The molecule has 0 radical (unpaired) electrons. The van der Waals surface area contributed by atoms with Gasteiger partial charge in [0.05, 0.1) is 33.5 Å². The molecule has 0 aliphatic carbocycles. The van der Waals surface area contributed by atoms with Gasteiger partial charge in [-0.2, -0.15) is 0 Å². The predicted octanol–water partition coefficient (Wildman–Crippen LogP) is 1.55. The zero-order chi connectivity index (χ0) is 17.2. The Kier molecular flexibility index (Phi) is 7.64. The molecule has 24 heavy (non-hydrogen) atoms. The molecule has 1 aromatic carbocycles. The van der Waals surface area contributed by atoms with E-state index in [4.69, 9.17) is 19.3 Å². The van der Waals surface area contributed by atoms with E-state index >= 15 is 0 Å². The van der Waals surface area contributed by atoms with E-state index in [0.717, 1.165) is 16.9 Å². The van der Waals surface area contributed by atoms with Gasteiger partial charge in [-0.25, -0.2) is 0 Å². The number of hydrogen-bond acceptors (Lipinski definition) is 6. The summed E-state index contributed by atoms with van der Waals surface area (Å²) in [6.45, 7) is 0.499. The number of aliphatic hydroxyl groups excluding tert-OH is 2. The third kappa shape index (κ3) is 5.90. The smallest absolute Gasteiger partial charge is 0.118 e. The van der Waals surface area contributed by atoms with Crippen LogP contribution in [0.25, 0.3) is 0 Å². The van der Waals surface area contributed by atoms with Gasteiger partial charge in [-0.05, 0) is 35.4 Å². The van der Waals surface area contributed by atoms with E-state index in [1.807, 2.05) is 36.4 Å². The molecule has 0 bridgehead atoms. The molecule has 6 nitrogen and oxygen atoms in total. The first kappa shape index (κ1) is 18.4. The van der Waals surface area contributed by atoms with Gasteiger partial charge in [0.15, 0.2) is 0 Å². The third-order valence-corrected chi connectivity index (χ3v) is 3.54. The van der Waals surface area contributed by atoms with Crippen LogP contribution in [0.5, 0.6) is 5.75 Å². The molecule has 2 rings (SSSR count). The number of ether oxygens (including phenoxy) is 3. The monoisotopic (exact) mass is 333 g/mol. The van der Waals surface area contributed by atoms with Crippen LogP contribution in [-0.4, -0.2) is 47.7 Å². The Hall–Kier alpha value is -1.99. The van der Waals surface area contributed by atoms with Crippen molar-refractivity contribution in [3.8, 4) is 5.75 Å². The second-order valence-electron chi connectivity index (χ2n) is 5.32. The molecule has 2 atom stereocenters. The van der Waals surface area contributed by atoms with E-state index < -0.39 is 12.2 Å². The fourth-order valence-electron chi connectivity index (χ4n) is 2.08. The highest BCUT2D eigenvalue weighted by atomic mass is 16.5. The molecule has 1 heterocycles. The molecule has 0 fully saturated rings. The van der Waals surface area contributed by atoms with E-state index in [-0.39, 0.29) is 13.2 Å². The lowest BCUT2D eigenvalue weighted by Gasteiger charge is -2.22. The van der Waals surface area contributed by atoms with Crippen molar-refractivity contribution < 1.29 is 24.4 Å². The van der Waals surface area contributed by atoms with Crippen LogP contribution in [0.1, 0.15) is 11.1 Å². The van der Waals surface area contributed by atoms with Crippen molar-refractivity contribution in [1.82, 2.24) is 4.98 Å². The van der Waals surface area contributed by atoms with Crippen LogP contribution >= 0.6 is 0 Å². The molecule has 1 aromatic heterocycles. The summed E-state index contributed by atoms with van der Waals surface area (Å²) >= 11 is 0. The molecule has 6 heteroatoms. The zero-order valence-corrected chi connectivity index (χ0v) is 13.7. The summed E-state index contributed by atoms with van der Waals surface area (Å²) in [5, 5.41) is 19.0. The molecule has 0 aliphatic heterocycles. The molecular weight excluding hydrogens is 310 g/mol. The topological polar surface area (TPSA) is 81.0 Å². The molecule has 0 saturated carbocycles. The fourth-order valence-corrected chi connectivity index (χ4v) is 2.08. The highest BCUT2D eigenvalue weighted by Gasteiger charge is 2.19. The van der Waals surface area contributed by atoms with Crippen molar-refractivity contribution in [1.29, 1.82) is 0 Å². The molecule has 2 aromatic rings. The molecule has 0 amide bonds. The molecule has 0 aliphatic rings. The normalized spacial score (nSPS) is 13.5. The van der Waals surface area contributed by atoms with Crippen molar-refractivity contribution >= 4 is 0 Å². The number of methoxy groups -OCH3 is 1. The summed E-state index contributed by atoms with van der Waals surface area (Å²) < 4.78 is 16.4. The van der Waals surface area contributed by atoms with E-state index in [0.29, 0.717) is 13.2 Å². The Balaban J connectivity index is 1.81. The lowest BCUT2D eigenvalue weighted by atomic mass is 10.2. The van der Waals surface area contributed by atoms with Gasteiger partial charge in [0, 0.05) is 12.4 Å². The van der Waals surface area contributed by atoms with Crippen molar-refractivity contribution in [2.45, 2.75) is 25.4 Å². The predicted molar refractivity (Wildman–Crippen MR) is 88.6 cm³/mol. The van der Waals surface area contributed by atoms with E-state index in [2.05, 4.69) is 4.98 Å². The van der Waals surface area contributed by atoms with Gasteiger partial charge in [0.2, 0.25) is 0 Å². The Labute approximate surface area is 141 Å². The minimum absolute atomic E-state index is 0.179. The van der Waals surface area contributed by atoms with Crippen molar-refractivity contribution in [3.63, 3.8) is 0 Å². The second-order valence-corrected chi connectivity index (χ2v) is 5.32. The lowest BCUT2D eigenvalue weighted by Crippen LogP contribution is -2.36. The molecule has 130 valence electrons. The summed E-state index contributed by atoms with van der Waals surface area (Å²) in [5.74, 6) is 0.785. The van der Waals surface area contributed by atoms with Gasteiger partial charge in [0.25, 0.3) is 0 Å². The van der Waals surface area contributed by atoms with E-state index in [1.165, 1.54) is 0 Å². The van der Waals surface area contributed by atoms with Crippen LogP contribution in [0.15, 0.2) is 48.8 Å². The molecule has 2 N–H and O–H groups in total. The quantitative estimate of drug-likeness (QED) is 0.686. The Morgan fingerprint density at radius 3 is 2.29 bits per heavy atom. The van der Waals surface area contributed by atoms with Crippen molar-refractivity contribution in [2.75, 3.05) is 20.3 Å².